The summed E-state index contributed by atoms with van der Waals surface area (Å²) in [5.74, 6) is 2.40. The van der Waals surface area contributed by atoms with Gasteiger partial charge in [0.2, 0.25) is 0 Å². The third-order valence-electron chi connectivity index (χ3n) is 7.02. The maximum atomic E-state index is 5.81. The van der Waals surface area contributed by atoms with Crippen molar-refractivity contribution in [2.45, 2.75) is 44.6 Å². The molecule has 5 rings (SSSR count). The molecular formula is C27H35N3O2S. The van der Waals surface area contributed by atoms with Crippen molar-refractivity contribution in [3.05, 3.63) is 41.5 Å². The Morgan fingerprint density at radius 3 is 2.48 bits per heavy atom. The molecule has 176 valence electrons. The number of pyridine rings is 1. The van der Waals surface area contributed by atoms with E-state index in [0.29, 0.717) is 5.92 Å². The molecule has 5 nitrogen and oxygen atoms in total. The number of methoxy groups -OCH3 is 1. The Morgan fingerprint density at radius 1 is 1.09 bits per heavy atom. The minimum atomic E-state index is 0.685. The van der Waals surface area contributed by atoms with Gasteiger partial charge in [0.15, 0.2) is 0 Å². The lowest BCUT2D eigenvalue weighted by Crippen LogP contribution is -2.34. The fourth-order valence-corrected chi connectivity index (χ4v) is 5.78. The topological polar surface area (TPSA) is 39.0 Å². The monoisotopic (exact) mass is 465 g/mol. The number of nitrogens with zero attached hydrogens (tertiary/aromatic N) is 3. The fourth-order valence-electron chi connectivity index (χ4n) is 5.19. The molecule has 2 aliphatic rings. The average Bonchev–Trinajstić information content (AvgIpc) is 3.55. The zero-order valence-electron chi connectivity index (χ0n) is 20.3. The van der Waals surface area contributed by atoms with E-state index in [1.54, 1.807) is 18.9 Å². The second kappa shape index (κ2) is 9.59. The minimum absolute atomic E-state index is 0.685. The highest BCUT2D eigenvalue weighted by Gasteiger charge is 2.30. The number of hydrogen-bond donors (Lipinski definition) is 0. The van der Waals surface area contributed by atoms with E-state index in [1.807, 2.05) is 0 Å². The Hall–Kier alpha value is -2.18. The lowest BCUT2D eigenvalue weighted by atomic mass is 9.99. The first kappa shape index (κ1) is 22.6. The van der Waals surface area contributed by atoms with Gasteiger partial charge in [0.05, 0.1) is 24.0 Å². The van der Waals surface area contributed by atoms with E-state index in [2.05, 4.69) is 59.9 Å². The molecule has 3 heterocycles. The van der Waals surface area contributed by atoms with Crippen LogP contribution in [0.5, 0.6) is 5.75 Å². The molecule has 0 atom stereocenters. The summed E-state index contributed by atoms with van der Waals surface area (Å²) in [5.41, 5.74) is 7.10. The predicted octanol–water partition coefficient (Wildman–Crippen LogP) is 5.99. The Morgan fingerprint density at radius 2 is 1.82 bits per heavy atom. The molecule has 0 bridgehead atoms. The number of aryl methyl sites for hydroxylation is 2. The van der Waals surface area contributed by atoms with Gasteiger partial charge >= 0.3 is 0 Å². The number of ether oxygens (including phenoxy) is 2. The van der Waals surface area contributed by atoms with Gasteiger partial charge in [-0.05, 0) is 86.9 Å². The first-order chi connectivity index (χ1) is 16.1. The molecule has 2 aromatic heterocycles. The van der Waals surface area contributed by atoms with Crippen LogP contribution >= 0.6 is 11.8 Å². The number of rotatable bonds is 8. The largest absolute Gasteiger partial charge is 0.496 e. The zero-order chi connectivity index (χ0) is 22.9. The van der Waals surface area contributed by atoms with Gasteiger partial charge in [-0.1, -0.05) is 12.1 Å². The molecule has 3 aromatic rings. The molecule has 6 heteroatoms. The summed E-state index contributed by atoms with van der Waals surface area (Å²) in [6.07, 6.45) is 7.15. The normalized spacial score (nSPS) is 17.0. The van der Waals surface area contributed by atoms with Gasteiger partial charge in [-0.2, -0.15) is 5.10 Å². The lowest BCUT2D eigenvalue weighted by Gasteiger charge is -2.31. The van der Waals surface area contributed by atoms with Crippen molar-refractivity contribution in [3.63, 3.8) is 0 Å². The highest BCUT2D eigenvalue weighted by atomic mass is 32.2. The number of benzene rings is 1. The molecule has 1 aliphatic heterocycles. The summed E-state index contributed by atoms with van der Waals surface area (Å²) >= 11 is 1.75. The van der Waals surface area contributed by atoms with Crippen LogP contribution in [-0.2, 0) is 4.74 Å². The van der Waals surface area contributed by atoms with Crippen molar-refractivity contribution in [1.29, 1.82) is 0 Å². The van der Waals surface area contributed by atoms with Crippen molar-refractivity contribution >= 4 is 23.0 Å². The molecular weight excluding hydrogens is 430 g/mol. The van der Waals surface area contributed by atoms with E-state index in [9.17, 15) is 0 Å². The first-order valence-corrected chi connectivity index (χ1v) is 13.4. The van der Waals surface area contributed by atoms with Crippen molar-refractivity contribution < 1.29 is 9.47 Å². The van der Waals surface area contributed by atoms with Gasteiger partial charge < -0.3 is 14.4 Å². The molecule has 0 spiro atoms. The van der Waals surface area contributed by atoms with Gasteiger partial charge in [-0.3, -0.25) is 0 Å². The zero-order valence-corrected chi connectivity index (χ0v) is 21.1. The number of thioether (sulfide) groups is 1. The molecule has 1 aromatic carbocycles. The van der Waals surface area contributed by atoms with Gasteiger partial charge in [0, 0.05) is 31.9 Å². The summed E-state index contributed by atoms with van der Waals surface area (Å²) in [6.45, 7) is 8.28. The van der Waals surface area contributed by atoms with Crippen LogP contribution in [0.25, 0.3) is 16.8 Å². The van der Waals surface area contributed by atoms with Crippen molar-refractivity contribution in [2.75, 3.05) is 44.6 Å². The second-order valence-corrected chi connectivity index (χ2v) is 10.4. The van der Waals surface area contributed by atoms with Crippen LogP contribution in [0.1, 0.15) is 36.8 Å². The third-order valence-corrected chi connectivity index (χ3v) is 7.69. The van der Waals surface area contributed by atoms with E-state index in [-0.39, 0.29) is 0 Å². The molecule has 1 saturated carbocycles. The van der Waals surface area contributed by atoms with E-state index >= 15 is 0 Å². The van der Waals surface area contributed by atoms with E-state index < -0.39 is 0 Å². The molecule has 1 aliphatic carbocycles. The van der Waals surface area contributed by atoms with Crippen LogP contribution in [0.4, 0.5) is 5.69 Å². The maximum absolute atomic E-state index is 5.81. The molecule has 0 amide bonds. The summed E-state index contributed by atoms with van der Waals surface area (Å²) in [4.78, 5) is 2.64. The van der Waals surface area contributed by atoms with Gasteiger partial charge in [0.1, 0.15) is 10.8 Å². The standard InChI is InChI=1S/C27H35N3O2S/c1-18-14-19(2)25(24(15-18)31-3)22-6-5-7-23-26(27(33-4)28-30(22)23)29(16-20-8-9-20)17-21-10-12-32-13-11-21/h5-7,14-15,20-21H,8-13,16-17H2,1-4H3. The van der Waals surface area contributed by atoms with Gasteiger partial charge in [-0.25, -0.2) is 4.52 Å². The summed E-state index contributed by atoms with van der Waals surface area (Å²) in [5, 5.41) is 6.26. The summed E-state index contributed by atoms with van der Waals surface area (Å²) < 4.78 is 13.6. The van der Waals surface area contributed by atoms with Crippen LogP contribution in [0.2, 0.25) is 0 Å². The van der Waals surface area contributed by atoms with Crippen LogP contribution in [0, 0.1) is 25.7 Å². The van der Waals surface area contributed by atoms with Gasteiger partial charge in [-0.15, -0.1) is 11.8 Å². The number of fused-ring (bicyclic) bond motifs is 1. The second-order valence-electron chi connectivity index (χ2n) is 9.63. The van der Waals surface area contributed by atoms with Crippen LogP contribution in [0.3, 0.4) is 0 Å². The highest BCUT2D eigenvalue weighted by Crippen LogP contribution is 2.41. The average molecular weight is 466 g/mol. The molecule has 0 radical (unpaired) electrons. The molecule has 2 fully saturated rings. The Kier molecular flexibility index (Phi) is 6.57. The Balaban J connectivity index is 1.63. The fraction of sp³-hybridized carbons (Fsp3) is 0.519. The van der Waals surface area contributed by atoms with E-state index in [1.165, 1.54) is 35.2 Å². The first-order valence-electron chi connectivity index (χ1n) is 12.1. The molecule has 0 unspecified atom stereocenters. The SMILES string of the molecule is COc1cc(C)cc(C)c1-c1cccc2c(N(CC3CCOCC3)CC3CC3)c(SC)nn12. The molecule has 33 heavy (non-hydrogen) atoms. The smallest absolute Gasteiger partial charge is 0.142 e. The van der Waals surface area contributed by atoms with E-state index in [4.69, 9.17) is 14.6 Å². The number of hydrogen-bond acceptors (Lipinski definition) is 5. The van der Waals surface area contributed by atoms with Crippen LogP contribution in [0.15, 0.2) is 35.4 Å². The van der Waals surface area contributed by atoms with Crippen molar-refractivity contribution in [2.24, 2.45) is 11.8 Å². The quantitative estimate of drug-likeness (QED) is 0.382. The van der Waals surface area contributed by atoms with Gasteiger partial charge in [0.25, 0.3) is 0 Å². The summed E-state index contributed by atoms with van der Waals surface area (Å²) in [6, 6.07) is 10.9. The highest BCUT2D eigenvalue weighted by molar-refractivity contribution is 7.98. The lowest BCUT2D eigenvalue weighted by molar-refractivity contribution is 0.0681. The number of aromatic nitrogens is 2. The van der Waals surface area contributed by atoms with Crippen molar-refractivity contribution in [1.82, 2.24) is 9.61 Å². The summed E-state index contributed by atoms with van der Waals surface area (Å²) in [7, 11) is 1.75. The molecule has 1 saturated heterocycles. The minimum Gasteiger partial charge on any atom is -0.496 e. The maximum Gasteiger partial charge on any atom is 0.142 e. The number of anilines is 1. The van der Waals surface area contributed by atoms with E-state index in [0.717, 1.165) is 67.1 Å². The van der Waals surface area contributed by atoms with Crippen molar-refractivity contribution in [3.8, 4) is 17.0 Å². The third kappa shape index (κ3) is 4.60. The van der Waals surface area contributed by atoms with Crippen LogP contribution in [-0.4, -0.2) is 49.3 Å². The molecule has 0 N–H and O–H groups in total. The Labute approximate surface area is 201 Å². The Bertz CT molecular complexity index is 1130. The van der Waals surface area contributed by atoms with Crippen LogP contribution < -0.4 is 9.64 Å². The predicted molar refractivity (Wildman–Crippen MR) is 137 cm³/mol.